The smallest absolute Gasteiger partial charge is 0.246 e. The van der Waals surface area contributed by atoms with Crippen LogP contribution in [0, 0.1) is 5.92 Å². The zero-order valence-corrected chi connectivity index (χ0v) is 13.3. The maximum Gasteiger partial charge on any atom is 0.246 e. The van der Waals surface area contributed by atoms with Crippen molar-refractivity contribution in [2.75, 3.05) is 13.2 Å². The summed E-state index contributed by atoms with van der Waals surface area (Å²) in [5.41, 5.74) is 0. The lowest BCUT2D eigenvalue weighted by atomic mass is 9.93. The Labute approximate surface area is 122 Å². The summed E-state index contributed by atoms with van der Waals surface area (Å²) >= 11 is 0. The molecule has 1 N–H and O–H groups in total. The number of nitrogens with one attached hydrogen (secondary N) is 1. The van der Waals surface area contributed by atoms with E-state index in [4.69, 9.17) is 4.74 Å². The molecule has 5 heteroatoms. The summed E-state index contributed by atoms with van der Waals surface area (Å²) in [7, 11) is 0. The van der Waals surface area contributed by atoms with Crippen LogP contribution in [0.4, 0.5) is 0 Å². The van der Waals surface area contributed by atoms with Crippen LogP contribution in [-0.2, 0) is 14.3 Å². The quantitative estimate of drug-likeness (QED) is 0.772. The molecule has 0 spiro atoms. The molecule has 5 nitrogen and oxygen atoms in total. The van der Waals surface area contributed by atoms with E-state index >= 15 is 0 Å². The SMILES string of the molecule is CCC(C)C1NC(=O)C(CC)N(CCOC(C)C)C1=O. The second-order valence-electron chi connectivity index (χ2n) is 5.75. The summed E-state index contributed by atoms with van der Waals surface area (Å²) in [5.74, 6) is 0.137. The molecule has 0 aliphatic carbocycles. The molecule has 1 fully saturated rings. The molecule has 2 amide bonds. The minimum Gasteiger partial charge on any atom is -0.377 e. The second-order valence-corrected chi connectivity index (χ2v) is 5.75. The Morgan fingerprint density at radius 2 is 1.90 bits per heavy atom. The first kappa shape index (κ1) is 17.0. The summed E-state index contributed by atoms with van der Waals surface area (Å²) in [5, 5.41) is 2.88. The third-order valence-electron chi connectivity index (χ3n) is 3.91. The van der Waals surface area contributed by atoms with Crippen molar-refractivity contribution < 1.29 is 14.3 Å². The zero-order valence-electron chi connectivity index (χ0n) is 13.3. The minimum absolute atomic E-state index is 0.0261. The van der Waals surface area contributed by atoms with Gasteiger partial charge in [0.15, 0.2) is 0 Å². The third kappa shape index (κ3) is 3.95. The second kappa shape index (κ2) is 7.62. The van der Waals surface area contributed by atoms with Gasteiger partial charge in [-0.25, -0.2) is 0 Å². The predicted octanol–water partition coefficient (Wildman–Crippen LogP) is 1.56. The predicted molar refractivity (Wildman–Crippen MR) is 78.3 cm³/mol. The van der Waals surface area contributed by atoms with Crippen molar-refractivity contribution in [2.45, 2.75) is 65.6 Å². The molecule has 20 heavy (non-hydrogen) atoms. The summed E-state index contributed by atoms with van der Waals surface area (Å²) in [6, 6.07) is -0.757. The molecule has 116 valence electrons. The molecule has 1 heterocycles. The number of carbonyl (C=O) groups is 2. The number of rotatable bonds is 7. The topological polar surface area (TPSA) is 58.6 Å². The highest BCUT2D eigenvalue weighted by Gasteiger charge is 2.41. The van der Waals surface area contributed by atoms with Gasteiger partial charge in [-0.15, -0.1) is 0 Å². The zero-order chi connectivity index (χ0) is 15.3. The van der Waals surface area contributed by atoms with Crippen LogP contribution < -0.4 is 5.32 Å². The molecule has 0 saturated carbocycles. The molecule has 3 unspecified atom stereocenters. The highest BCUT2D eigenvalue weighted by molar-refractivity contribution is 5.97. The maximum atomic E-state index is 12.6. The van der Waals surface area contributed by atoms with Gasteiger partial charge in [-0.2, -0.15) is 0 Å². The van der Waals surface area contributed by atoms with E-state index in [-0.39, 0.29) is 29.9 Å². The number of hydrogen-bond donors (Lipinski definition) is 1. The van der Waals surface area contributed by atoms with Crippen molar-refractivity contribution in [3.63, 3.8) is 0 Å². The molecule has 0 aromatic rings. The normalized spacial score (nSPS) is 25.0. The number of ether oxygens (including phenoxy) is 1. The Morgan fingerprint density at radius 1 is 1.25 bits per heavy atom. The van der Waals surface area contributed by atoms with Gasteiger partial charge in [0.05, 0.1) is 12.7 Å². The fourth-order valence-corrected chi connectivity index (χ4v) is 2.46. The lowest BCUT2D eigenvalue weighted by Crippen LogP contribution is -2.65. The van der Waals surface area contributed by atoms with Crippen LogP contribution in [0.2, 0.25) is 0 Å². The van der Waals surface area contributed by atoms with Gasteiger partial charge in [0, 0.05) is 6.54 Å². The van der Waals surface area contributed by atoms with Crippen LogP contribution in [0.1, 0.15) is 47.5 Å². The summed E-state index contributed by atoms with van der Waals surface area (Å²) in [4.78, 5) is 26.4. The Morgan fingerprint density at radius 3 is 2.40 bits per heavy atom. The van der Waals surface area contributed by atoms with E-state index in [1.807, 2.05) is 34.6 Å². The lowest BCUT2D eigenvalue weighted by Gasteiger charge is -2.40. The fraction of sp³-hybridized carbons (Fsp3) is 0.867. The Hall–Kier alpha value is -1.10. The van der Waals surface area contributed by atoms with Crippen molar-refractivity contribution in [3.05, 3.63) is 0 Å². The van der Waals surface area contributed by atoms with Gasteiger partial charge in [-0.05, 0) is 26.2 Å². The van der Waals surface area contributed by atoms with Gasteiger partial charge in [0.1, 0.15) is 12.1 Å². The molecule has 1 saturated heterocycles. The molecule has 0 aromatic carbocycles. The first-order valence-corrected chi connectivity index (χ1v) is 7.64. The van der Waals surface area contributed by atoms with E-state index in [0.717, 1.165) is 6.42 Å². The van der Waals surface area contributed by atoms with Gasteiger partial charge in [-0.1, -0.05) is 27.2 Å². The van der Waals surface area contributed by atoms with Crippen molar-refractivity contribution in [2.24, 2.45) is 5.92 Å². The van der Waals surface area contributed by atoms with Crippen LogP contribution in [0.5, 0.6) is 0 Å². The molecule has 1 rings (SSSR count). The van der Waals surface area contributed by atoms with Gasteiger partial charge in [0.25, 0.3) is 0 Å². The molecular formula is C15H28N2O3. The molecule has 1 aliphatic heterocycles. The van der Waals surface area contributed by atoms with E-state index in [1.165, 1.54) is 0 Å². The number of nitrogens with zero attached hydrogens (tertiary/aromatic N) is 1. The molecule has 0 aromatic heterocycles. The van der Waals surface area contributed by atoms with E-state index in [0.29, 0.717) is 19.6 Å². The van der Waals surface area contributed by atoms with Gasteiger partial charge in [0.2, 0.25) is 11.8 Å². The Kier molecular flexibility index (Phi) is 6.46. The number of amides is 2. The van der Waals surface area contributed by atoms with Crippen LogP contribution >= 0.6 is 0 Å². The number of hydrogen-bond acceptors (Lipinski definition) is 3. The van der Waals surface area contributed by atoms with Crippen molar-refractivity contribution in [1.82, 2.24) is 10.2 Å². The van der Waals surface area contributed by atoms with Gasteiger partial charge >= 0.3 is 0 Å². The van der Waals surface area contributed by atoms with Crippen LogP contribution in [0.3, 0.4) is 0 Å². The Bertz CT molecular complexity index is 344. The minimum atomic E-state index is -0.394. The van der Waals surface area contributed by atoms with Crippen LogP contribution in [-0.4, -0.2) is 48.1 Å². The van der Waals surface area contributed by atoms with Crippen molar-refractivity contribution in [1.29, 1.82) is 0 Å². The van der Waals surface area contributed by atoms with E-state index < -0.39 is 6.04 Å². The highest BCUT2D eigenvalue weighted by atomic mass is 16.5. The first-order chi connectivity index (χ1) is 9.42. The van der Waals surface area contributed by atoms with E-state index in [1.54, 1.807) is 4.90 Å². The molecule has 3 atom stereocenters. The first-order valence-electron chi connectivity index (χ1n) is 7.64. The van der Waals surface area contributed by atoms with Gasteiger partial charge < -0.3 is 15.0 Å². The molecule has 0 radical (unpaired) electrons. The van der Waals surface area contributed by atoms with Gasteiger partial charge in [-0.3, -0.25) is 9.59 Å². The van der Waals surface area contributed by atoms with E-state index in [9.17, 15) is 9.59 Å². The van der Waals surface area contributed by atoms with Crippen LogP contribution in [0.25, 0.3) is 0 Å². The summed E-state index contributed by atoms with van der Waals surface area (Å²) in [6.07, 6.45) is 1.63. The summed E-state index contributed by atoms with van der Waals surface area (Å²) in [6.45, 7) is 10.8. The van der Waals surface area contributed by atoms with Crippen LogP contribution in [0.15, 0.2) is 0 Å². The monoisotopic (exact) mass is 284 g/mol. The largest absolute Gasteiger partial charge is 0.377 e. The highest BCUT2D eigenvalue weighted by Crippen LogP contribution is 2.19. The fourth-order valence-electron chi connectivity index (χ4n) is 2.46. The average Bonchev–Trinajstić information content (AvgIpc) is 2.41. The number of carbonyl (C=O) groups excluding carboxylic acids is 2. The summed E-state index contributed by atoms with van der Waals surface area (Å²) < 4.78 is 5.52. The molecule has 1 aliphatic rings. The standard InChI is InChI=1S/C15H28N2O3/c1-6-11(5)13-15(19)17(8-9-20-10(3)4)12(7-2)14(18)16-13/h10-13H,6-9H2,1-5H3,(H,16,18). The van der Waals surface area contributed by atoms with Crippen molar-refractivity contribution in [3.8, 4) is 0 Å². The average molecular weight is 284 g/mol. The Balaban J connectivity index is 2.78. The van der Waals surface area contributed by atoms with Crippen molar-refractivity contribution >= 4 is 11.8 Å². The maximum absolute atomic E-state index is 12.6. The molecular weight excluding hydrogens is 256 g/mol. The lowest BCUT2D eigenvalue weighted by molar-refractivity contribution is -0.152. The third-order valence-corrected chi connectivity index (χ3v) is 3.91. The molecule has 0 bridgehead atoms. The van der Waals surface area contributed by atoms with E-state index in [2.05, 4.69) is 5.32 Å². The number of piperazine rings is 1.